The molecule has 0 aromatic rings. The fourth-order valence-electron chi connectivity index (χ4n) is 1.76. The van der Waals surface area contributed by atoms with Crippen LogP contribution in [0.25, 0.3) is 0 Å². The Labute approximate surface area is 66.8 Å². The van der Waals surface area contributed by atoms with Gasteiger partial charge in [0.25, 0.3) is 0 Å². The molecule has 0 aromatic heterocycles. The second kappa shape index (κ2) is 3.72. The van der Waals surface area contributed by atoms with Crippen LogP contribution in [0.3, 0.4) is 0 Å². The molecule has 0 spiro atoms. The summed E-state index contributed by atoms with van der Waals surface area (Å²) in [6, 6.07) is 0.220. The molecule has 0 aliphatic heterocycles. The number of rotatable bonds is 3. The zero-order chi connectivity index (χ0) is 8.27. The van der Waals surface area contributed by atoms with Crippen molar-refractivity contribution in [2.45, 2.75) is 32.2 Å². The lowest BCUT2D eigenvalue weighted by molar-refractivity contribution is -0.142. The van der Waals surface area contributed by atoms with Gasteiger partial charge in [-0.1, -0.05) is 13.3 Å². The summed E-state index contributed by atoms with van der Waals surface area (Å²) in [7, 11) is 0. The molecular weight excluding hydrogens is 142 g/mol. The minimum absolute atomic E-state index is 0.144. The minimum Gasteiger partial charge on any atom is -0.481 e. The summed E-state index contributed by atoms with van der Waals surface area (Å²) in [4.78, 5) is 10.6. The van der Waals surface area contributed by atoms with Gasteiger partial charge in [-0.25, -0.2) is 0 Å². The van der Waals surface area contributed by atoms with E-state index in [1.165, 1.54) is 0 Å². The van der Waals surface area contributed by atoms with Crippen molar-refractivity contribution in [3.05, 3.63) is 0 Å². The first-order valence-corrected chi connectivity index (χ1v) is 4.22. The van der Waals surface area contributed by atoms with Crippen molar-refractivity contribution in [1.82, 2.24) is 5.32 Å². The second-order valence-corrected chi connectivity index (χ2v) is 3.04. The van der Waals surface area contributed by atoms with Crippen LogP contribution in [0, 0.1) is 5.92 Å². The lowest BCUT2D eigenvalue weighted by Crippen LogP contribution is -2.35. The fraction of sp³-hybridized carbons (Fsp3) is 0.875. The van der Waals surface area contributed by atoms with Crippen LogP contribution in [-0.2, 0) is 4.79 Å². The maximum absolute atomic E-state index is 10.6. The Morgan fingerprint density at radius 1 is 1.64 bits per heavy atom. The Balaban J connectivity index is 2.44. The monoisotopic (exact) mass is 157 g/mol. The maximum atomic E-state index is 10.6. The summed E-state index contributed by atoms with van der Waals surface area (Å²) in [5.41, 5.74) is 0. The smallest absolute Gasteiger partial charge is 0.308 e. The van der Waals surface area contributed by atoms with Gasteiger partial charge in [0.15, 0.2) is 0 Å². The molecule has 0 amide bonds. The van der Waals surface area contributed by atoms with Gasteiger partial charge in [-0.3, -0.25) is 4.79 Å². The average molecular weight is 157 g/mol. The van der Waals surface area contributed by atoms with E-state index in [2.05, 4.69) is 5.32 Å². The van der Waals surface area contributed by atoms with Crippen LogP contribution in [0.15, 0.2) is 0 Å². The van der Waals surface area contributed by atoms with Crippen molar-refractivity contribution in [1.29, 1.82) is 0 Å². The lowest BCUT2D eigenvalue weighted by Gasteiger charge is -2.15. The Kier molecular flexibility index (Phi) is 2.88. The Morgan fingerprint density at radius 2 is 2.36 bits per heavy atom. The molecule has 0 bridgehead atoms. The van der Waals surface area contributed by atoms with E-state index in [0.29, 0.717) is 0 Å². The third-order valence-electron chi connectivity index (χ3n) is 2.30. The van der Waals surface area contributed by atoms with Crippen LogP contribution in [0.2, 0.25) is 0 Å². The third-order valence-corrected chi connectivity index (χ3v) is 2.30. The minimum atomic E-state index is -0.645. The number of nitrogens with one attached hydrogen (secondary N) is 1. The molecule has 0 heterocycles. The number of aliphatic carboxylic acids is 1. The second-order valence-electron chi connectivity index (χ2n) is 3.04. The van der Waals surface area contributed by atoms with E-state index in [0.717, 1.165) is 25.8 Å². The average Bonchev–Trinajstić information content (AvgIpc) is 2.36. The Bertz CT molecular complexity index is 147. The van der Waals surface area contributed by atoms with Crippen molar-refractivity contribution in [3.8, 4) is 0 Å². The van der Waals surface area contributed by atoms with Crippen LogP contribution in [-0.4, -0.2) is 23.7 Å². The van der Waals surface area contributed by atoms with Gasteiger partial charge in [0.1, 0.15) is 0 Å². The largest absolute Gasteiger partial charge is 0.481 e. The molecule has 11 heavy (non-hydrogen) atoms. The Morgan fingerprint density at radius 3 is 2.91 bits per heavy atom. The van der Waals surface area contributed by atoms with E-state index in [-0.39, 0.29) is 12.0 Å². The SMILES string of the molecule is CCN[C@@H]1CCC[C@@H]1C(=O)O. The van der Waals surface area contributed by atoms with Crippen molar-refractivity contribution in [2.24, 2.45) is 5.92 Å². The number of carbonyl (C=O) groups is 1. The summed E-state index contributed by atoms with van der Waals surface area (Å²) in [6.45, 7) is 2.88. The molecule has 64 valence electrons. The van der Waals surface area contributed by atoms with Crippen molar-refractivity contribution in [3.63, 3.8) is 0 Å². The summed E-state index contributed by atoms with van der Waals surface area (Å²) in [5, 5.41) is 12.0. The summed E-state index contributed by atoms with van der Waals surface area (Å²) in [5.74, 6) is -0.789. The molecule has 1 rings (SSSR count). The summed E-state index contributed by atoms with van der Waals surface area (Å²) < 4.78 is 0. The number of hydrogen-bond acceptors (Lipinski definition) is 2. The van der Waals surface area contributed by atoms with E-state index in [9.17, 15) is 4.79 Å². The van der Waals surface area contributed by atoms with Crippen LogP contribution in [0.5, 0.6) is 0 Å². The van der Waals surface area contributed by atoms with E-state index in [1.807, 2.05) is 6.92 Å². The standard InChI is InChI=1S/C8H15NO2/c1-2-9-7-5-3-4-6(7)8(10)11/h6-7,9H,2-5H2,1H3,(H,10,11)/t6-,7+/m0/s1. The quantitative estimate of drug-likeness (QED) is 0.638. The number of carboxylic acid groups (broad SMARTS) is 1. The van der Waals surface area contributed by atoms with E-state index in [1.54, 1.807) is 0 Å². The van der Waals surface area contributed by atoms with Gasteiger partial charge in [-0.2, -0.15) is 0 Å². The van der Waals surface area contributed by atoms with Crippen LogP contribution >= 0.6 is 0 Å². The molecule has 1 aliphatic carbocycles. The first kappa shape index (κ1) is 8.53. The maximum Gasteiger partial charge on any atom is 0.308 e. The summed E-state index contributed by atoms with van der Waals surface area (Å²) >= 11 is 0. The molecule has 1 aliphatic rings. The molecule has 3 nitrogen and oxygen atoms in total. The molecule has 1 saturated carbocycles. The molecule has 0 radical (unpaired) electrons. The van der Waals surface area contributed by atoms with Crippen molar-refractivity contribution >= 4 is 5.97 Å². The van der Waals surface area contributed by atoms with Crippen LogP contribution in [0.1, 0.15) is 26.2 Å². The van der Waals surface area contributed by atoms with E-state index in [4.69, 9.17) is 5.11 Å². The molecule has 2 N–H and O–H groups in total. The zero-order valence-corrected chi connectivity index (χ0v) is 6.84. The van der Waals surface area contributed by atoms with Gasteiger partial charge in [-0.05, 0) is 19.4 Å². The predicted molar refractivity (Wildman–Crippen MR) is 42.4 cm³/mol. The zero-order valence-electron chi connectivity index (χ0n) is 6.84. The van der Waals surface area contributed by atoms with Gasteiger partial charge in [-0.15, -0.1) is 0 Å². The summed E-state index contributed by atoms with van der Waals surface area (Å²) in [6.07, 6.45) is 2.91. The van der Waals surface area contributed by atoms with Crippen molar-refractivity contribution in [2.75, 3.05) is 6.54 Å². The van der Waals surface area contributed by atoms with Gasteiger partial charge in [0.05, 0.1) is 5.92 Å². The van der Waals surface area contributed by atoms with Crippen LogP contribution < -0.4 is 5.32 Å². The highest BCUT2D eigenvalue weighted by Crippen LogP contribution is 2.25. The van der Waals surface area contributed by atoms with Crippen molar-refractivity contribution < 1.29 is 9.90 Å². The normalized spacial score (nSPS) is 30.6. The predicted octanol–water partition coefficient (Wildman–Crippen LogP) is 0.849. The fourth-order valence-corrected chi connectivity index (χ4v) is 1.76. The highest BCUT2D eigenvalue weighted by atomic mass is 16.4. The number of hydrogen-bond donors (Lipinski definition) is 2. The third kappa shape index (κ3) is 1.93. The van der Waals surface area contributed by atoms with Gasteiger partial charge in [0.2, 0.25) is 0 Å². The molecule has 1 fully saturated rings. The molecular formula is C8H15NO2. The Hall–Kier alpha value is -0.570. The molecule has 3 heteroatoms. The lowest BCUT2D eigenvalue weighted by atomic mass is 10.0. The van der Waals surface area contributed by atoms with E-state index < -0.39 is 5.97 Å². The first-order chi connectivity index (χ1) is 5.25. The molecule has 0 unspecified atom stereocenters. The molecule has 2 atom stereocenters. The van der Waals surface area contributed by atoms with Gasteiger partial charge >= 0.3 is 5.97 Å². The van der Waals surface area contributed by atoms with E-state index >= 15 is 0 Å². The van der Waals surface area contributed by atoms with Crippen LogP contribution in [0.4, 0.5) is 0 Å². The first-order valence-electron chi connectivity index (χ1n) is 4.22. The highest BCUT2D eigenvalue weighted by molar-refractivity contribution is 5.71. The number of carboxylic acids is 1. The molecule has 0 saturated heterocycles. The molecule has 0 aromatic carbocycles. The van der Waals surface area contributed by atoms with Gasteiger partial charge in [0, 0.05) is 6.04 Å². The van der Waals surface area contributed by atoms with Gasteiger partial charge < -0.3 is 10.4 Å². The highest BCUT2D eigenvalue weighted by Gasteiger charge is 2.31. The topological polar surface area (TPSA) is 49.3 Å².